The molecular weight excluding hydrogens is 260 g/mol. The Labute approximate surface area is 128 Å². The summed E-state index contributed by atoms with van der Waals surface area (Å²) in [5, 5.41) is 0. The molecule has 0 bridgehead atoms. The standard InChI is InChI=1S/C17H28N4/c1-2-21(13-15-7-3-5-10-19-15)17(14-18)9-12-20-11-6-4-8-16(17)20/h3,5,7,10,16H,2,4,6,8-9,11-14,18H2,1H3. The van der Waals surface area contributed by atoms with E-state index in [-0.39, 0.29) is 5.54 Å². The molecule has 3 rings (SSSR count). The van der Waals surface area contributed by atoms with Gasteiger partial charge in [-0.15, -0.1) is 0 Å². The quantitative estimate of drug-likeness (QED) is 0.898. The van der Waals surface area contributed by atoms with E-state index in [2.05, 4.69) is 33.8 Å². The molecule has 0 amide bonds. The Morgan fingerprint density at radius 3 is 3.00 bits per heavy atom. The molecule has 2 atom stereocenters. The van der Waals surface area contributed by atoms with Gasteiger partial charge in [-0.05, 0) is 44.5 Å². The maximum absolute atomic E-state index is 6.32. The Morgan fingerprint density at radius 1 is 1.38 bits per heavy atom. The van der Waals surface area contributed by atoms with Gasteiger partial charge < -0.3 is 5.73 Å². The highest BCUT2D eigenvalue weighted by molar-refractivity contribution is 5.11. The number of pyridine rings is 1. The summed E-state index contributed by atoms with van der Waals surface area (Å²) in [4.78, 5) is 9.78. The van der Waals surface area contributed by atoms with Crippen molar-refractivity contribution in [3.63, 3.8) is 0 Å². The first-order chi connectivity index (χ1) is 10.3. The second-order valence-electron chi connectivity index (χ2n) is 6.44. The van der Waals surface area contributed by atoms with Crippen molar-refractivity contribution in [2.24, 2.45) is 5.73 Å². The second kappa shape index (κ2) is 6.42. The van der Waals surface area contributed by atoms with Crippen LogP contribution in [-0.2, 0) is 6.54 Å². The number of rotatable bonds is 5. The lowest BCUT2D eigenvalue weighted by atomic mass is 9.83. The molecule has 0 aliphatic carbocycles. The molecule has 21 heavy (non-hydrogen) atoms. The monoisotopic (exact) mass is 288 g/mol. The zero-order chi connectivity index (χ0) is 14.7. The molecule has 1 aromatic heterocycles. The van der Waals surface area contributed by atoms with E-state index in [4.69, 9.17) is 5.73 Å². The van der Waals surface area contributed by atoms with Crippen LogP contribution >= 0.6 is 0 Å². The average Bonchev–Trinajstić information content (AvgIpc) is 2.93. The maximum atomic E-state index is 6.32. The van der Waals surface area contributed by atoms with Crippen molar-refractivity contribution in [3.8, 4) is 0 Å². The lowest BCUT2D eigenvalue weighted by molar-refractivity contribution is 0.0344. The third-order valence-corrected chi connectivity index (χ3v) is 5.51. The zero-order valence-corrected chi connectivity index (χ0v) is 13.2. The van der Waals surface area contributed by atoms with Crippen LogP contribution in [0.3, 0.4) is 0 Å². The van der Waals surface area contributed by atoms with Crippen LogP contribution in [0.5, 0.6) is 0 Å². The number of fused-ring (bicyclic) bond motifs is 1. The highest BCUT2D eigenvalue weighted by Gasteiger charge is 2.50. The Balaban J connectivity index is 1.82. The predicted molar refractivity (Wildman–Crippen MR) is 85.9 cm³/mol. The van der Waals surface area contributed by atoms with Crippen molar-refractivity contribution in [2.45, 2.75) is 50.7 Å². The van der Waals surface area contributed by atoms with Crippen LogP contribution < -0.4 is 5.73 Å². The minimum absolute atomic E-state index is 0.146. The van der Waals surface area contributed by atoms with Crippen LogP contribution in [0.2, 0.25) is 0 Å². The molecule has 2 aliphatic rings. The van der Waals surface area contributed by atoms with Crippen LogP contribution in [0.25, 0.3) is 0 Å². The summed E-state index contributed by atoms with van der Waals surface area (Å²) in [6.45, 7) is 7.44. The molecule has 2 N–H and O–H groups in total. The zero-order valence-electron chi connectivity index (χ0n) is 13.2. The number of hydrogen-bond donors (Lipinski definition) is 1. The molecule has 4 nitrogen and oxygen atoms in total. The van der Waals surface area contributed by atoms with Crippen molar-refractivity contribution >= 4 is 0 Å². The first kappa shape index (κ1) is 14.9. The van der Waals surface area contributed by atoms with Gasteiger partial charge in [-0.1, -0.05) is 19.4 Å². The first-order valence-corrected chi connectivity index (χ1v) is 8.39. The molecule has 3 heterocycles. The van der Waals surface area contributed by atoms with E-state index in [1.165, 1.54) is 38.8 Å². The van der Waals surface area contributed by atoms with Gasteiger partial charge >= 0.3 is 0 Å². The number of likely N-dealkylation sites (N-methyl/N-ethyl adjacent to an activating group) is 1. The van der Waals surface area contributed by atoms with Gasteiger partial charge in [-0.25, -0.2) is 0 Å². The van der Waals surface area contributed by atoms with Gasteiger partial charge in [-0.3, -0.25) is 14.8 Å². The smallest absolute Gasteiger partial charge is 0.0544 e. The molecule has 1 aromatic rings. The van der Waals surface area contributed by atoms with Crippen LogP contribution in [0.15, 0.2) is 24.4 Å². The van der Waals surface area contributed by atoms with Gasteiger partial charge in [-0.2, -0.15) is 0 Å². The number of hydrogen-bond acceptors (Lipinski definition) is 4. The van der Waals surface area contributed by atoms with E-state index in [9.17, 15) is 0 Å². The third kappa shape index (κ3) is 2.72. The van der Waals surface area contributed by atoms with E-state index in [0.29, 0.717) is 6.04 Å². The molecule has 0 radical (unpaired) electrons. The molecule has 0 aromatic carbocycles. The van der Waals surface area contributed by atoms with Gasteiger partial charge in [0.2, 0.25) is 0 Å². The number of nitrogens with zero attached hydrogens (tertiary/aromatic N) is 3. The van der Waals surface area contributed by atoms with Gasteiger partial charge in [0.15, 0.2) is 0 Å². The SMILES string of the molecule is CCN(Cc1ccccn1)C1(CN)CCN2CCCCC21. The number of piperidine rings is 1. The van der Waals surface area contributed by atoms with E-state index < -0.39 is 0 Å². The van der Waals surface area contributed by atoms with E-state index in [1.54, 1.807) is 0 Å². The van der Waals surface area contributed by atoms with Crippen molar-refractivity contribution in [2.75, 3.05) is 26.2 Å². The molecule has 0 saturated carbocycles. The maximum Gasteiger partial charge on any atom is 0.0544 e. The van der Waals surface area contributed by atoms with Crippen LogP contribution in [0.4, 0.5) is 0 Å². The van der Waals surface area contributed by atoms with Gasteiger partial charge in [0.05, 0.1) is 11.2 Å². The van der Waals surface area contributed by atoms with Gasteiger partial charge in [0.25, 0.3) is 0 Å². The normalized spacial score (nSPS) is 29.8. The first-order valence-electron chi connectivity index (χ1n) is 8.39. The van der Waals surface area contributed by atoms with E-state index >= 15 is 0 Å². The molecule has 116 valence electrons. The lowest BCUT2D eigenvalue weighted by Gasteiger charge is -2.47. The minimum Gasteiger partial charge on any atom is -0.329 e. The molecular formula is C17H28N4. The van der Waals surface area contributed by atoms with Crippen molar-refractivity contribution in [3.05, 3.63) is 30.1 Å². The highest BCUT2D eigenvalue weighted by atomic mass is 15.3. The number of aromatic nitrogens is 1. The van der Waals surface area contributed by atoms with Crippen molar-refractivity contribution in [1.29, 1.82) is 0 Å². The molecule has 2 saturated heterocycles. The summed E-state index contributed by atoms with van der Waals surface area (Å²) in [7, 11) is 0. The van der Waals surface area contributed by atoms with Crippen LogP contribution in [0.1, 0.15) is 38.3 Å². The molecule has 2 fully saturated rings. The largest absolute Gasteiger partial charge is 0.329 e. The Hall–Kier alpha value is -0.970. The van der Waals surface area contributed by atoms with Gasteiger partial charge in [0, 0.05) is 31.9 Å². The second-order valence-corrected chi connectivity index (χ2v) is 6.44. The Kier molecular flexibility index (Phi) is 4.57. The fourth-order valence-electron chi connectivity index (χ4n) is 4.38. The Morgan fingerprint density at radius 2 is 2.29 bits per heavy atom. The lowest BCUT2D eigenvalue weighted by Crippen LogP contribution is -2.61. The van der Waals surface area contributed by atoms with Crippen molar-refractivity contribution in [1.82, 2.24) is 14.8 Å². The average molecular weight is 288 g/mol. The Bertz CT molecular complexity index is 449. The van der Waals surface area contributed by atoms with Crippen molar-refractivity contribution < 1.29 is 0 Å². The summed E-state index contributed by atoms with van der Waals surface area (Å²) in [5.41, 5.74) is 7.62. The fraction of sp³-hybridized carbons (Fsp3) is 0.706. The van der Waals surface area contributed by atoms with Crippen LogP contribution in [-0.4, -0.2) is 52.5 Å². The van der Waals surface area contributed by atoms with E-state index in [0.717, 1.165) is 25.3 Å². The molecule has 4 heteroatoms. The molecule has 0 spiro atoms. The third-order valence-electron chi connectivity index (χ3n) is 5.51. The summed E-state index contributed by atoms with van der Waals surface area (Å²) in [6, 6.07) is 6.82. The van der Waals surface area contributed by atoms with E-state index in [1.807, 2.05) is 12.3 Å². The number of nitrogens with two attached hydrogens (primary N) is 1. The summed E-state index contributed by atoms with van der Waals surface area (Å²) in [6.07, 6.45) is 7.10. The van der Waals surface area contributed by atoms with Crippen LogP contribution in [0, 0.1) is 0 Å². The van der Waals surface area contributed by atoms with Gasteiger partial charge in [0.1, 0.15) is 0 Å². The predicted octanol–water partition coefficient (Wildman–Crippen LogP) is 1.86. The molecule has 2 unspecified atom stereocenters. The molecule has 2 aliphatic heterocycles. The minimum atomic E-state index is 0.146. The highest BCUT2D eigenvalue weighted by Crippen LogP contribution is 2.39. The topological polar surface area (TPSA) is 45.4 Å². The summed E-state index contributed by atoms with van der Waals surface area (Å²) in [5.74, 6) is 0. The summed E-state index contributed by atoms with van der Waals surface area (Å²) < 4.78 is 0. The fourth-order valence-corrected chi connectivity index (χ4v) is 4.38. The summed E-state index contributed by atoms with van der Waals surface area (Å²) >= 11 is 0.